The standard InChI is InChI=1S/C15H30N4S.HI/c1-4-14-12-19(10-11-20-14)15(16-3)17-8-9-18(5-2)13-6-7-13;/h13-14H,4-12H2,1-3H3,(H,16,17);1H. The Balaban J connectivity index is 0.00000220. The first-order valence-corrected chi connectivity index (χ1v) is 9.14. The molecule has 0 aromatic heterocycles. The third kappa shape index (κ3) is 6.14. The zero-order chi connectivity index (χ0) is 14.4. The summed E-state index contributed by atoms with van der Waals surface area (Å²) < 4.78 is 0. The minimum Gasteiger partial charge on any atom is -0.355 e. The van der Waals surface area contributed by atoms with Crippen LogP contribution in [0.3, 0.4) is 0 Å². The van der Waals surface area contributed by atoms with E-state index in [1.165, 1.54) is 31.6 Å². The molecule has 0 amide bonds. The van der Waals surface area contributed by atoms with Crippen LogP contribution in [0.25, 0.3) is 0 Å². The van der Waals surface area contributed by atoms with E-state index in [1.807, 2.05) is 7.05 Å². The third-order valence-electron chi connectivity index (χ3n) is 4.26. The second-order valence-corrected chi connectivity index (χ2v) is 7.09. The highest BCUT2D eigenvalue weighted by molar-refractivity contribution is 14.0. The lowest BCUT2D eigenvalue weighted by Gasteiger charge is -2.34. The van der Waals surface area contributed by atoms with E-state index in [2.05, 4.69) is 45.7 Å². The molecule has 1 heterocycles. The topological polar surface area (TPSA) is 30.9 Å². The fourth-order valence-corrected chi connectivity index (χ4v) is 4.02. The van der Waals surface area contributed by atoms with E-state index in [9.17, 15) is 0 Å². The van der Waals surface area contributed by atoms with Crippen LogP contribution in [0.15, 0.2) is 4.99 Å². The molecule has 0 aromatic rings. The van der Waals surface area contributed by atoms with Gasteiger partial charge in [0.15, 0.2) is 5.96 Å². The molecule has 21 heavy (non-hydrogen) atoms. The van der Waals surface area contributed by atoms with E-state index in [4.69, 9.17) is 0 Å². The van der Waals surface area contributed by atoms with Crippen LogP contribution in [-0.2, 0) is 0 Å². The van der Waals surface area contributed by atoms with Gasteiger partial charge in [0.2, 0.25) is 0 Å². The Labute approximate surface area is 151 Å². The molecule has 6 heteroatoms. The maximum atomic E-state index is 4.47. The average molecular weight is 426 g/mol. The summed E-state index contributed by atoms with van der Waals surface area (Å²) in [5.41, 5.74) is 0. The van der Waals surface area contributed by atoms with Crippen molar-refractivity contribution < 1.29 is 0 Å². The molecule has 1 unspecified atom stereocenters. The Morgan fingerprint density at radius 2 is 2.14 bits per heavy atom. The van der Waals surface area contributed by atoms with Crippen molar-refractivity contribution in [1.29, 1.82) is 0 Å². The molecule has 1 aliphatic heterocycles. The number of aliphatic imine (C=N–C) groups is 1. The number of guanidine groups is 1. The van der Waals surface area contributed by atoms with Crippen LogP contribution >= 0.6 is 35.7 Å². The van der Waals surface area contributed by atoms with Crippen molar-refractivity contribution in [2.45, 2.75) is 44.4 Å². The summed E-state index contributed by atoms with van der Waals surface area (Å²) >= 11 is 2.11. The zero-order valence-corrected chi connectivity index (χ0v) is 16.8. The first kappa shape index (κ1) is 19.4. The van der Waals surface area contributed by atoms with Gasteiger partial charge in [-0.1, -0.05) is 13.8 Å². The van der Waals surface area contributed by atoms with Crippen molar-refractivity contribution >= 4 is 41.7 Å². The van der Waals surface area contributed by atoms with Gasteiger partial charge >= 0.3 is 0 Å². The number of hydrogen-bond donors (Lipinski definition) is 1. The molecule has 1 N–H and O–H groups in total. The maximum Gasteiger partial charge on any atom is 0.193 e. The lowest BCUT2D eigenvalue weighted by molar-refractivity contribution is 0.280. The van der Waals surface area contributed by atoms with Crippen LogP contribution in [0.1, 0.15) is 33.1 Å². The minimum atomic E-state index is 0. The summed E-state index contributed by atoms with van der Waals surface area (Å²) in [6.07, 6.45) is 4.04. The predicted octanol–water partition coefficient (Wildman–Crippen LogP) is 2.49. The van der Waals surface area contributed by atoms with Crippen LogP contribution in [0, 0.1) is 0 Å². The molecule has 1 saturated heterocycles. The molecule has 2 fully saturated rings. The highest BCUT2D eigenvalue weighted by atomic mass is 127. The number of rotatable bonds is 6. The Morgan fingerprint density at radius 1 is 1.38 bits per heavy atom. The number of hydrogen-bond acceptors (Lipinski definition) is 3. The number of halogens is 1. The molecule has 1 atom stereocenters. The van der Waals surface area contributed by atoms with Crippen molar-refractivity contribution in [1.82, 2.24) is 15.1 Å². The Hall–Kier alpha value is 0.310. The summed E-state index contributed by atoms with van der Waals surface area (Å²) in [6, 6.07) is 0.861. The van der Waals surface area contributed by atoms with Gasteiger partial charge in [-0.3, -0.25) is 9.89 Å². The zero-order valence-electron chi connectivity index (χ0n) is 13.7. The molecule has 0 spiro atoms. The van der Waals surface area contributed by atoms with Gasteiger partial charge in [-0.15, -0.1) is 24.0 Å². The van der Waals surface area contributed by atoms with Gasteiger partial charge in [0.25, 0.3) is 0 Å². The van der Waals surface area contributed by atoms with E-state index in [1.54, 1.807) is 0 Å². The third-order valence-corrected chi connectivity index (χ3v) is 5.63. The van der Waals surface area contributed by atoms with E-state index >= 15 is 0 Å². The SMILES string of the molecule is CCC1CN(C(=NC)NCCN(CC)C2CC2)CCS1.I. The second kappa shape index (κ2) is 10.2. The first-order valence-electron chi connectivity index (χ1n) is 8.09. The Bertz CT molecular complexity index is 323. The fourth-order valence-electron chi connectivity index (χ4n) is 2.84. The molecule has 2 rings (SSSR count). The molecule has 2 aliphatic rings. The van der Waals surface area contributed by atoms with E-state index in [-0.39, 0.29) is 24.0 Å². The largest absolute Gasteiger partial charge is 0.355 e. The molecule has 124 valence electrons. The average Bonchev–Trinajstić information content (AvgIpc) is 3.32. The van der Waals surface area contributed by atoms with Crippen molar-refractivity contribution in [3.63, 3.8) is 0 Å². The molecule has 0 aromatic carbocycles. The van der Waals surface area contributed by atoms with Gasteiger partial charge in [-0.05, 0) is 25.8 Å². The second-order valence-electron chi connectivity index (χ2n) is 5.68. The van der Waals surface area contributed by atoms with Crippen molar-refractivity contribution in [3.05, 3.63) is 0 Å². The van der Waals surface area contributed by atoms with Gasteiger partial charge < -0.3 is 10.2 Å². The predicted molar refractivity (Wildman–Crippen MR) is 105 cm³/mol. The van der Waals surface area contributed by atoms with Gasteiger partial charge in [0.1, 0.15) is 0 Å². The molecule has 1 aliphatic carbocycles. The molecule has 0 radical (unpaired) electrons. The van der Waals surface area contributed by atoms with E-state index in [0.29, 0.717) is 0 Å². The summed E-state index contributed by atoms with van der Waals surface area (Å²) in [5, 5.41) is 4.32. The van der Waals surface area contributed by atoms with Gasteiger partial charge in [-0.2, -0.15) is 11.8 Å². The number of likely N-dealkylation sites (N-methyl/N-ethyl adjacent to an activating group) is 1. The monoisotopic (exact) mass is 426 g/mol. The lowest BCUT2D eigenvalue weighted by atomic mass is 10.3. The van der Waals surface area contributed by atoms with Gasteiger partial charge in [0.05, 0.1) is 0 Å². The highest BCUT2D eigenvalue weighted by Gasteiger charge is 2.27. The van der Waals surface area contributed by atoms with Crippen LogP contribution in [0.5, 0.6) is 0 Å². The van der Waals surface area contributed by atoms with Crippen LogP contribution in [0.4, 0.5) is 0 Å². The normalized spacial score (nSPS) is 23.1. The molecule has 0 bridgehead atoms. The fraction of sp³-hybridized carbons (Fsp3) is 0.933. The van der Waals surface area contributed by atoms with Crippen molar-refractivity contribution in [3.8, 4) is 0 Å². The van der Waals surface area contributed by atoms with Gasteiger partial charge in [0, 0.05) is 50.3 Å². The number of nitrogens with zero attached hydrogens (tertiary/aromatic N) is 3. The quantitative estimate of drug-likeness (QED) is 0.402. The van der Waals surface area contributed by atoms with Crippen molar-refractivity contribution in [2.24, 2.45) is 4.99 Å². The molecular formula is C15H31IN4S. The summed E-state index contributed by atoms with van der Waals surface area (Å²) in [6.45, 7) is 10.1. The summed E-state index contributed by atoms with van der Waals surface area (Å²) in [7, 11) is 1.91. The van der Waals surface area contributed by atoms with Crippen LogP contribution in [0.2, 0.25) is 0 Å². The summed E-state index contributed by atoms with van der Waals surface area (Å²) in [4.78, 5) is 9.48. The van der Waals surface area contributed by atoms with Gasteiger partial charge in [-0.25, -0.2) is 0 Å². The first-order chi connectivity index (χ1) is 9.78. The lowest BCUT2D eigenvalue weighted by Crippen LogP contribution is -2.49. The molecule has 1 saturated carbocycles. The molecular weight excluding hydrogens is 395 g/mol. The van der Waals surface area contributed by atoms with E-state index in [0.717, 1.165) is 43.4 Å². The minimum absolute atomic E-state index is 0. The number of nitrogens with one attached hydrogen (secondary N) is 1. The van der Waals surface area contributed by atoms with Crippen molar-refractivity contribution in [2.75, 3.05) is 45.5 Å². The summed E-state index contributed by atoms with van der Waals surface area (Å²) in [5.74, 6) is 2.32. The maximum absolute atomic E-state index is 4.47. The number of thioether (sulfide) groups is 1. The highest BCUT2D eigenvalue weighted by Crippen LogP contribution is 2.25. The van der Waals surface area contributed by atoms with Crippen LogP contribution in [-0.4, -0.2) is 72.6 Å². The Kier molecular flexibility index (Phi) is 9.36. The smallest absolute Gasteiger partial charge is 0.193 e. The Morgan fingerprint density at radius 3 is 2.71 bits per heavy atom. The molecule has 4 nitrogen and oxygen atoms in total. The van der Waals surface area contributed by atoms with E-state index < -0.39 is 0 Å². The van der Waals surface area contributed by atoms with Crippen LogP contribution < -0.4 is 5.32 Å².